The van der Waals surface area contributed by atoms with Crippen molar-refractivity contribution in [1.29, 1.82) is 0 Å². The van der Waals surface area contributed by atoms with Gasteiger partial charge in [0.25, 0.3) is 5.91 Å². The molecular formula is C45H50N4O5. The summed E-state index contributed by atoms with van der Waals surface area (Å²) in [7, 11) is 0. The normalized spacial score (nSPS) is 18.0. The maximum atomic E-state index is 13.1. The number of carbonyl (C=O) groups is 3. The van der Waals surface area contributed by atoms with Crippen LogP contribution in [0.5, 0.6) is 11.5 Å². The molecule has 3 aliphatic rings. The molecule has 2 fully saturated rings. The van der Waals surface area contributed by atoms with Crippen LogP contribution in [0.2, 0.25) is 0 Å². The number of carbonyl (C=O) groups excluding carboxylic acids is 3. The van der Waals surface area contributed by atoms with E-state index >= 15 is 0 Å². The predicted molar refractivity (Wildman–Crippen MR) is 212 cm³/mol. The van der Waals surface area contributed by atoms with Gasteiger partial charge in [-0.1, -0.05) is 74.4 Å². The van der Waals surface area contributed by atoms with Gasteiger partial charge in [0.2, 0.25) is 11.8 Å². The van der Waals surface area contributed by atoms with Crippen molar-refractivity contribution in [3.63, 3.8) is 0 Å². The van der Waals surface area contributed by atoms with Crippen molar-refractivity contribution in [2.24, 2.45) is 0 Å². The van der Waals surface area contributed by atoms with Crippen LogP contribution in [-0.2, 0) is 16.1 Å². The molecule has 9 nitrogen and oxygen atoms in total. The number of piperazine rings is 1. The van der Waals surface area contributed by atoms with E-state index in [2.05, 4.69) is 76.6 Å². The van der Waals surface area contributed by atoms with Crippen LogP contribution >= 0.6 is 0 Å². The minimum Gasteiger partial charge on any atom is -0.508 e. The van der Waals surface area contributed by atoms with Crippen LogP contribution < -0.4 is 15.0 Å². The molecule has 1 atom stereocenters. The summed E-state index contributed by atoms with van der Waals surface area (Å²) in [4.78, 5) is 43.6. The lowest BCUT2D eigenvalue weighted by Crippen LogP contribution is -2.52. The number of piperidine rings is 1. The summed E-state index contributed by atoms with van der Waals surface area (Å²) in [6, 6.07) is 31.8. The minimum absolute atomic E-state index is 0.129. The first-order chi connectivity index (χ1) is 26.4. The van der Waals surface area contributed by atoms with Gasteiger partial charge in [0, 0.05) is 50.4 Å². The highest BCUT2D eigenvalue weighted by molar-refractivity contribution is 6.05. The predicted octanol–water partition coefficient (Wildman–Crippen LogP) is 7.28. The molecule has 7 rings (SSSR count). The Hall–Kier alpha value is -5.41. The molecule has 2 N–H and O–H groups in total. The van der Waals surface area contributed by atoms with Crippen LogP contribution in [0.1, 0.15) is 84.5 Å². The summed E-state index contributed by atoms with van der Waals surface area (Å²) in [5.41, 5.74) is 8.54. The summed E-state index contributed by atoms with van der Waals surface area (Å²) in [6.45, 7) is 8.27. The monoisotopic (exact) mass is 726 g/mol. The van der Waals surface area contributed by atoms with Crippen molar-refractivity contribution in [3.8, 4) is 11.5 Å². The van der Waals surface area contributed by atoms with Crippen molar-refractivity contribution >= 4 is 34.6 Å². The Bertz CT molecular complexity index is 1970. The third-order valence-electron chi connectivity index (χ3n) is 11.0. The third kappa shape index (κ3) is 8.52. The number of nitrogens with one attached hydrogen (secondary N) is 1. The van der Waals surface area contributed by atoms with Gasteiger partial charge >= 0.3 is 0 Å². The lowest BCUT2D eigenvalue weighted by molar-refractivity contribution is -0.136. The number of hydrogen-bond acceptors (Lipinski definition) is 7. The Morgan fingerprint density at radius 2 is 1.50 bits per heavy atom. The molecule has 9 heteroatoms. The quantitative estimate of drug-likeness (QED) is 0.0800. The zero-order chi connectivity index (χ0) is 37.4. The number of amides is 3. The van der Waals surface area contributed by atoms with Crippen LogP contribution in [0.4, 0.5) is 5.69 Å². The number of allylic oxidation sites excluding steroid dienone is 1. The molecule has 0 spiro atoms. The highest BCUT2D eigenvalue weighted by Gasteiger charge is 2.39. The number of nitrogens with zero attached hydrogens (tertiary/aromatic N) is 3. The fourth-order valence-electron chi connectivity index (χ4n) is 7.99. The number of rotatable bonds is 14. The number of benzene rings is 4. The summed E-state index contributed by atoms with van der Waals surface area (Å²) in [5.74, 6) is 0.358. The number of fused-ring (bicyclic) bond motifs is 1. The molecule has 4 aromatic carbocycles. The molecule has 3 aliphatic heterocycles. The minimum atomic E-state index is -0.588. The van der Waals surface area contributed by atoms with Gasteiger partial charge in [0.1, 0.15) is 17.5 Å². The number of phenolic OH excluding ortho intramolecular Hbond substituents is 1. The van der Waals surface area contributed by atoms with Crippen molar-refractivity contribution in [3.05, 3.63) is 125 Å². The van der Waals surface area contributed by atoms with Gasteiger partial charge in [-0.2, -0.15) is 0 Å². The maximum Gasteiger partial charge on any atom is 0.255 e. The molecule has 280 valence electrons. The number of aromatic hydroxyl groups is 1. The van der Waals surface area contributed by atoms with Crippen LogP contribution in [0, 0.1) is 0 Å². The van der Waals surface area contributed by atoms with E-state index in [0.717, 1.165) is 85.7 Å². The van der Waals surface area contributed by atoms with Gasteiger partial charge < -0.3 is 19.6 Å². The Morgan fingerprint density at radius 3 is 2.20 bits per heavy atom. The lowest BCUT2D eigenvalue weighted by Gasteiger charge is -2.36. The first-order valence-corrected chi connectivity index (χ1v) is 19.4. The summed E-state index contributed by atoms with van der Waals surface area (Å²) in [5, 5.41) is 12.3. The van der Waals surface area contributed by atoms with Gasteiger partial charge in [0.05, 0.1) is 6.61 Å². The molecule has 0 aliphatic carbocycles. The Labute approximate surface area is 318 Å². The van der Waals surface area contributed by atoms with E-state index in [1.807, 2.05) is 30.3 Å². The molecule has 0 saturated carbocycles. The van der Waals surface area contributed by atoms with Crippen LogP contribution in [0.15, 0.2) is 97.1 Å². The number of unbranched alkanes of at least 4 members (excludes halogenated alkanes) is 3. The molecule has 54 heavy (non-hydrogen) atoms. The van der Waals surface area contributed by atoms with Crippen LogP contribution in [-0.4, -0.2) is 78.0 Å². The highest BCUT2D eigenvalue weighted by atomic mass is 16.5. The lowest BCUT2D eigenvalue weighted by atomic mass is 9.88. The van der Waals surface area contributed by atoms with E-state index in [0.29, 0.717) is 25.1 Å². The average Bonchev–Trinajstić information content (AvgIpc) is 3.52. The van der Waals surface area contributed by atoms with Crippen LogP contribution in [0.25, 0.3) is 11.1 Å². The first-order valence-electron chi connectivity index (χ1n) is 19.4. The fourth-order valence-corrected chi connectivity index (χ4v) is 7.99. The fraction of sp³-hybridized carbons (Fsp3) is 0.356. The average molecular weight is 727 g/mol. The number of anilines is 1. The Morgan fingerprint density at radius 1 is 0.796 bits per heavy atom. The van der Waals surface area contributed by atoms with E-state index in [4.69, 9.17) is 4.74 Å². The molecule has 0 radical (unpaired) electrons. The smallest absolute Gasteiger partial charge is 0.255 e. The maximum absolute atomic E-state index is 13.1. The van der Waals surface area contributed by atoms with Crippen molar-refractivity contribution < 1.29 is 24.2 Å². The highest BCUT2D eigenvalue weighted by Crippen LogP contribution is 2.36. The zero-order valence-electron chi connectivity index (χ0n) is 31.1. The molecule has 2 saturated heterocycles. The molecule has 0 bridgehead atoms. The standard InChI is InChI=1S/C45H50N4O5/c1-2-39(32-10-6-5-7-11-32)43(33-12-17-37(50)18-13-33)34-14-19-38(20-15-34)54-29-9-4-3-8-24-47-25-27-48(28-26-47)36-16-21-40-35(30-36)31-49(45(40)53)41-22-23-42(51)46-44(41)52/h5-7,10-21,30,41,50H,2-4,8-9,22-29,31H2,1H3,(H,46,51,52)/b43-39-. The number of phenols is 1. The van der Waals surface area contributed by atoms with Gasteiger partial charge in [-0.15, -0.1) is 0 Å². The number of imide groups is 1. The van der Waals surface area contributed by atoms with Gasteiger partial charge in [-0.05, 0) is 108 Å². The molecule has 3 amide bonds. The van der Waals surface area contributed by atoms with E-state index < -0.39 is 6.04 Å². The van der Waals surface area contributed by atoms with E-state index in [1.165, 1.54) is 24.0 Å². The van der Waals surface area contributed by atoms with Crippen molar-refractivity contribution in [1.82, 2.24) is 15.1 Å². The molecule has 1 unspecified atom stereocenters. The second-order valence-corrected chi connectivity index (χ2v) is 14.5. The largest absolute Gasteiger partial charge is 0.508 e. The summed E-state index contributed by atoms with van der Waals surface area (Å²) < 4.78 is 6.15. The topological polar surface area (TPSA) is 102 Å². The van der Waals surface area contributed by atoms with Crippen molar-refractivity contribution in [2.45, 2.75) is 64.5 Å². The summed E-state index contributed by atoms with van der Waals surface area (Å²) in [6.07, 6.45) is 6.00. The molecular weight excluding hydrogens is 677 g/mol. The van der Waals surface area contributed by atoms with Crippen molar-refractivity contribution in [2.75, 3.05) is 44.2 Å². The van der Waals surface area contributed by atoms with Gasteiger partial charge in [-0.25, -0.2) is 0 Å². The van der Waals surface area contributed by atoms with E-state index in [-0.39, 0.29) is 29.9 Å². The van der Waals surface area contributed by atoms with E-state index in [1.54, 1.807) is 17.0 Å². The SMILES string of the molecule is CC/C(=C(\c1ccc(O)cc1)c1ccc(OCCCCCCN2CCN(c3ccc4c(c3)CN(C3CCC(=O)NC3=O)C4=O)CC2)cc1)c1ccccc1. The second-order valence-electron chi connectivity index (χ2n) is 14.5. The first kappa shape index (κ1) is 36.9. The van der Waals surface area contributed by atoms with Gasteiger partial charge in [0.15, 0.2) is 0 Å². The number of hydrogen-bond donors (Lipinski definition) is 2. The Kier molecular flexibility index (Phi) is 11.7. The second kappa shape index (κ2) is 17.2. The summed E-state index contributed by atoms with van der Waals surface area (Å²) >= 11 is 0. The van der Waals surface area contributed by atoms with Gasteiger partial charge in [-0.3, -0.25) is 24.6 Å². The molecule has 4 aromatic rings. The molecule has 3 heterocycles. The van der Waals surface area contributed by atoms with E-state index in [9.17, 15) is 19.5 Å². The Balaban J connectivity index is 0.829. The molecule has 0 aromatic heterocycles. The van der Waals surface area contributed by atoms with Crippen LogP contribution in [0.3, 0.4) is 0 Å². The zero-order valence-corrected chi connectivity index (χ0v) is 31.1. The third-order valence-corrected chi connectivity index (χ3v) is 11.0. The number of ether oxygens (including phenoxy) is 1.